The maximum atomic E-state index is 5.40. The van der Waals surface area contributed by atoms with Crippen LogP contribution in [-0.2, 0) is 4.74 Å². The van der Waals surface area contributed by atoms with E-state index in [1.54, 1.807) is 0 Å². The molecule has 1 atom stereocenters. The Labute approximate surface area is 79.7 Å². The maximum Gasteiger partial charge on any atom is 0.0535 e. The van der Waals surface area contributed by atoms with E-state index in [1.807, 2.05) is 0 Å². The van der Waals surface area contributed by atoms with Crippen LogP contribution in [0.3, 0.4) is 0 Å². The Balaban J connectivity index is 2.29. The second-order valence-electron chi connectivity index (χ2n) is 3.92. The van der Waals surface area contributed by atoms with E-state index in [2.05, 4.69) is 32.0 Å². The monoisotopic (exact) mass is 176 g/mol. The van der Waals surface area contributed by atoms with E-state index < -0.39 is 0 Å². The van der Waals surface area contributed by atoms with Gasteiger partial charge in [-0.3, -0.25) is 0 Å². The lowest BCUT2D eigenvalue weighted by molar-refractivity contribution is 0.194. The molecular formula is C12H16O. The third kappa shape index (κ3) is 1.75. The molecule has 1 heteroatoms. The second kappa shape index (κ2) is 3.51. The quantitative estimate of drug-likeness (QED) is 0.639. The van der Waals surface area contributed by atoms with Gasteiger partial charge in [0.1, 0.15) is 0 Å². The Morgan fingerprint density at radius 3 is 2.77 bits per heavy atom. The molecule has 0 aliphatic carbocycles. The van der Waals surface area contributed by atoms with Crippen molar-refractivity contribution in [3.05, 3.63) is 34.9 Å². The highest BCUT2D eigenvalue weighted by atomic mass is 16.5. The first kappa shape index (κ1) is 8.76. The lowest BCUT2D eigenvalue weighted by Gasteiger charge is -2.11. The average Bonchev–Trinajstić information content (AvgIpc) is 2.56. The van der Waals surface area contributed by atoms with Crippen molar-refractivity contribution >= 4 is 0 Å². The first-order chi connectivity index (χ1) is 6.27. The Kier molecular flexibility index (Phi) is 2.36. The van der Waals surface area contributed by atoms with Gasteiger partial charge in [-0.15, -0.1) is 0 Å². The largest absolute Gasteiger partial charge is 0.381 e. The molecule has 1 saturated heterocycles. The summed E-state index contributed by atoms with van der Waals surface area (Å²) in [6.07, 6.45) is 1.18. The molecule has 0 aromatic heterocycles. The molecule has 1 unspecified atom stereocenters. The Hall–Kier alpha value is -0.820. The predicted molar refractivity (Wildman–Crippen MR) is 54.1 cm³/mol. The van der Waals surface area contributed by atoms with Crippen LogP contribution in [0.4, 0.5) is 0 Å². The number of aryl methyl sites for hydroxylation is 2. The SMILES string of the molecule is Cc1ccc(C2CCOC2)c(C)c1. The Morgan fingerprint density at radius 1 is 1.31 bits per heavy atom. The minimum absolute atomic E-state index is 0.639. The highest BCUT2D eigenvalue weighted by molar-refractivity contribution is 5.33. The van der Waals surface area contributed by atoms with Gasteiger partial charge in [0, 0.05) is 12.5 Å². The molecule has 1 fully saturated rings. The lowest BCUT2D eigenvalue weighted by atomic mass is 9.93. The fraction of sp³-hybridized carbons (Fsp3) is 0.500. The molecule has 0 radical (unpaired) electrons. The van der Waals surface area contributed by atoms with E-state index in [1.165, 1.54) is 23.1 Å². The van der Waals surface area contributed by atoms with Crippen LogP contribution in [0.1, 0.15) is 29.0 Å². The third-order valence-corrected chi connectivity index (χ3v) is 2.79. The van der Waals surface area contributed by atoms with Gasteiger partial charge in [-0.2, -0.15) is 0 Å². The minimum Gasteiger partial charge on any atom is -0.381 e. The van der Waals surface area contributed by atoms with Gasteiger partial charge in [0.05, 0.1) is 6.61 Å². The van der Waals surface area contributed by atoms with Crippen LogP contribution in [0.2, 0.25) is 0 Å². The Morgan fingerprint density at radius 2 is 2.15 bits per heavy atom. The van der Waals surface area contributed by atoms with Crippen molar-refractivity contribution < 1.29 is 4.74 Å². The van der Waals surface area contributed by atoms with Crippen LogP contribution in [0.15, 0.2) is 18.2 Å². The van der Waals surface area contributed by atoms with Gasteiger partial charge >= 0.3 is 0 Å². The molecule has 0 amide bonds. The van der Waals surface area contributed by atoms with Crippen LogP contribution in [0, 0.1) is 13.8 Å². The molecule has 2 rings (SSSR count). The summed E-state index contributed by atoms with van der Waals surface area (Å²) in [4.78, 5) is 0. The zero-order valence-corrected chi connectivity index (χ0v) is 8.34. The van der Waals surface area contributed by atoms with Gasteiger partial charge in [0.25, 0.3) is 0 Å². The molecule has 13 heavy (non-hydrogen) atoms. The number of ether oxygens (including phenoxy) is 1. The zero-order chi connectivity index (χ0) is 9.26. The number of hydrogen-bond donors (Lipinski definition) is 0. The summed E-state index contributed by atoms with van der Waals surface area (Å²) in [7, 11) is 0. The normalized spacial score (nSPS) is 22.2. The highest BCUT2D eigenvalue weighted by Crippen LogP contribution is 2.27. The van der Waals surface area contributed by atoms with Gasteiger partial charge < -0.3 is 4.74 Å². The lowest BCUT2D eigenvalue weighted by Crippen LogP contribution is -2.00. The molecule has 1 aromatic rings. The summed E-state index contributed by atoms with van der Waals surface area (Å²) in [5.74, 6) is 0.639. The van der Waals surface area contributed by atoms with Crippen molar-refractivity contribution in [3.8, 4) is 0 Å². The summed E-state index contributed by atoms with van der Waals surface area (Å²) in [5.41, 5.74) is 4.23. The molecule has 1 nitrogen and oxygen atoms in total. The summed E-state index contributed by atoms with van der Waals surface area (Å²) < 4.78 is 5.40. The van der Waals surface area contributed by atoms with Gasteiger partial charge in [-0.05, 0) is 31.4 Å². The van der Waals surface area contributed by atoms with E-state index in [0.29, 0.717) is 5.92 Å². The maximum absolute atomic E-state index is 5.40. The molecule has 70 valence electrons. The van der Waals surface area contributed by atoms with Gasteiger partial charge in [0.2, 0.25) is 0 Å². The topological polar surface area (TPSA) is 9.23 Å². The van der Waals surface area contributed by atoms with Crippen LogP contribution in [-0.4, -0.2) is 13.2 Å². The van der Waals surface area contributed by atoms with E-state index >= 15 is 0 Å². The van der Waals surface area contributed by atoms with Crippen molar-refractivity contribution in [1.82, 2.24) is 0 Å². The molecule has 0 spiro atoms. The van der Waals surface area contributed by atoms with Gasteiger partial charge in [-0.25, -0.2) is 0 Å². The van der Waals surface area contributed by atoms with Gasteiger partial charge in [-0.1, -0.05) is 23.8 Å². The van der Waals surface area contributed by atoms with E-state index in [9.17, 15) is 0 Å². The molecule has 0 bridgehead atoms. The molecule has 0 N–H and O–H groups in total. The predicted octanol–water partition coefficient (Wildman–Crippen LogP) is 2.81. The second-order valence-corrected chi connectivity index (χ2v) is 3.92. The van der Waals surface area contributed by atoms with E-state index in [0.717, 1.165) is 13.2 Å². The zero-order valence-electron chi connectivity index (χ0n) is 8.34. The highest BCUT2D eigenvalue weighted by Gasteiger charge is 2.18. The average molecular weight is 176 g/mol. The minimum atomic E-state index is 0.639. The van der Waals surface area contributed by atoms with Crippen molar-refractivity contribution in [3.63, 3.8) is 0 Å². The first-order valence-electron chi connectivity index (χ1n) is 4.92. The van der Waals surface area contributed by atoms with E-state index in [-0.39, 0.29) is 0 Å². The summed E-state index contributed by atoms with van der Waals surface area (Å²) >= 11 is 0. The third-order valence-electron chi connectivity index (χ3n) is 2.79. The standard InChI is InChI=1S/C12H16O/c1-9-3-4-12(10(2)7-9)11-5-6-13-8-11/h3-4,7,11H,5-6,8H2,1-2H3. The summed E-state index contributed by atoms with van der Waals surface area (Å²) in [5, 5.41) is 0. The number of rotatable bonds is 1. The smallest absolute Gasteiger partial charge is 0.0535 e. The molecule has 1 aromatic carbocycles. The van der Waals surface area contributed by atoms with Crippen molar-refractivity contribution in [2.75, 3.05) is 13.2 Å². The summed E-state index contributed by atoms with van der Waals surface area (Å²) in [6.45, 7) is 6.17. The van der Waals surface area contributed by atoms with Crippen molar-refractivity contribution in [2.45, 2.75) is 26.2 Å². The van der Waals surface area contributed by atoms with Crippen LogP contribution in [0.25, 0.3) is 0 Å². The fourth-order valence-electron chi connectivity index (χ4n) is 2.06. The summed E-state index contributed by atoms with van der Waals surface area (Å²) in [6, 6.07) is 6.71. The molecule has 0 saturated carbocycles. The molecular weight excluding hydrogens is 160 g/mol. The number of benzene rings is 1. The molecule has 1 aliphatic heterocycles. The first-order valence-corrected chi connectivity index (χ1v) is 4.92. The van der Waals surface area contributed by atoms with Crippen molar-refractivity contribution in [1.29, 1.82) is 0 Å². The van der Waals surface area contributed by atoms with Crippen LogP contribution < -0.4 is 0 Å². The Bertz CT molecular complexity index is 298. The van der Waals surface area contributed by atoms with Crippen LogP contribution in [0.5, 0.6) is 0 Å². The van der Waals surface area contributed by atoms with E-state index in [4.69, 9.17) is 4.74 Å². The van der Waals surface area contributed by atoms with Gasteiger partial charge in [0.15, 0.2) is 0 Å². The molecule has 1 aliphatic rings. The fourth-order valence-corrected chi connectivity index (χ4v) is 2.06. The van der Waals surface area contributed by atoms with Crippen molar-refractivity contribution in [2.24, 2.45) is 0 Å². The van der Waals surface area contributed by atoms with Crippen LogP contribution >= 0.6 is 0 Å². The number of hydrogen-bond acceptors (Lipinski definition) is 1. The molecule has 1 heterocycles.